The van der Waals surface area contributed by atoms with Crippen molar-refractivity contribution in [2.75, 3.05) is 31.6 Å². The van der Waals surface area contributed by atoms with Gasteiger partial charge in [0.1, 0.15) is 18.1 Å². The summed E-state index contributed by atoms with van der Waals surface area (Å²) < 4.78 is 38.3. The molecule has 2 N–H and O–H groups in total. The number of carbonyl (C=O) groups excluding carboxylic acids is 1. The van der Waals surface area contributed by atoms with Gasteiger partial charge in [0.2, 0.25) is 15.9 Å². The Morgan fingerprint density at radius 1 is 1.17 bits per heavy atom. The van der Waals surface area contributed by atoms with Crippen LogP contribution in [0.3, 0.4) is 0 Å². The molecule has 2 aromatic rings. The maximum absolute atomic E-state index is 12.9. The molecular formula is C19H24N4O5S. The van der Waals surface area contributed by atoms with E-state index in [4.69, 9.17) is 9.47 Å². The number of piperidine rings is 1. The van der Waals surface area contributed by atoms with E-state index in [1.54, 1.807) is 32.0 Å². The molecule has 0 saturated carbocycles. The Morgan fingerprint density at radius 3 is 2.52 bits per heavy atom. The number of aromatic nitrogens is 2. The topological polar surface area (TPSA) is 114 Å². The van der Waals surface area contributed by atoms with Crippen LogP contribution in [0.25, 0.3) is 0 Å². The van der Waals surface area contributed by atoms with Crippen LogP contribution in [0, 0.1) is 19.8 Å². The van der Waals surface area contributed by atoms with E-state index in [0.717, 1.165) is 0 Å². The predicted octanol–water partition coefficient (Wildman–Crippen LogP) is 1.84. The number of carbonyl (C=O) groups is 1. The fourth-order valence-corrected chi connectivity index (χ4v) is 5.57. The van der Waals surface area contributed by atoms with E-state index < -0.39 is 10.0 Å². The Balaban J connectivity index is 1.39. The lowest BCUT2D eigenvalue weighted by atomic mass is 9.97. The number of sulfonamides is 1. The number of rotatable bonds is 4. The summed E-state index contributed by atoms with van der Waals surface area (Å²) in [7, 11) is -3.62. The molecule has 10 heteroatoms. The van der Waals surface area contributed by atoms with Crippen LogP contribution in [0.1, 0.15) is 24.2 Å². The second-order valence-corrected chi connectivity index (χ2v) is 9.16. The molecule has 156 valence electrons. The Morgan fingerprint density at radius 2 is 1.86 bits per heavy atom. The van der Waals surface area contributed by atoms with Crippen LogP contribution in [0.15, 0.2) is 23.1 Å². The van der Waals surface area contributed by atoms with Crippen LogP contribution >= 0.6 is 0 Å². The number of ether oxygens (including phenoxy) is 2. The van der Waals surface area contributed by atoms with E-state index in [1.165, 1.54) is 4.31 Å². The van der Waals surface area contributed by atoms with Crippen molar-refractivity contribution in [2.24, 2.45) is 5.92 Å². The SMILES string of the molecule is Cc1n[nH]c(C)c1S(=O)(=O)N1CCC(C(=O)Nc2ccc3c(c2)OCCO3)CC1. The number of nitrogens with zero attached hydrogens (tertiary/aromatic N) is 2. The number of benzene rings is 1. The summed E-state index contributed by atoms with van der Waals surface area (Å²) in [5, 5.41) is 9.61. The second-order valence-electron chi connectivity index (χ2n) is 7.29. The molecule has 1 amide bonds. The summed E-state index contributed by atoms with van der Waals surface area (Å²) in [5.41, 5.74) is 1.63. The Hall–Kier alpha value is -2.59. The quantitative estimate of drug-likeness (QED) is 0.780. The predicted molar refractivity (Wildman–Crippen MR) is 106 cm³/mol. The highest BCUT2D eigenvalue weighted by Crippen LogP contribution is 2.33. The van der Waals surface area contributed by atoms with Crippen molar-refractivity contribution in [3.05, 3.63) is 29.6 Å². The van der Waals surface area contributed by atoms with Crippen LogP contribution in [0.2, 0.25) is 0 Å². The number of hydrogen-bond donors (Lipinski definition) is 2. The van der Waals surface area contributed by atoms with Crippen molar-refractivity contribution >= 4 is 21.6 Å². The van der Waals surface area contributed by atoms with Gasteiger partial charge in [-0.25, -0.2) is 8.42 Å². The number of anilines is 1. The third-order valence-electron chi connectivity index (χ3n) is 5.29. The molecule has 2 aliphatic rings. The standard InChI is InChI=1S/C19H24N4O5S/c1-12-18(13(2)22-21-12)29(25,26)23-7-5-14(6-8-23)19(24)20-15-3-4-16-17(11-15)28-10-9-27-16/h3-4,11,14H,5-10H2,1-2H3,(H,20,24)(H,21,22). The van der Waals surface area contributed by atoms with Crippen LogP contribution in [-0.2, 0) is 14.8 Å². The first-order valence-corrected chi connectivity index (χ1v) is 11.0. The molecule has 1 saturated heterocycles. The zero-order chi connectivity index (χ0) is 20.6. The van der Waals surface area contributed by atoms with Crippen LogP contribution in [0.5, 0.6) is 11.5 Å². The molecule has 29 heavy (non-hydrogen) atoms. The molecule has 0 unspecified atom stereocenters. The zero-order valence-corrected chi connectivity index (χ0v) is 17.2. The van der Waals surface area contributed by atoms with Crippen molar-refractivity contribution < 1.29 is 22.7 Å². The van der Waals surface area contributed by atoms with Crippen LogP contribution in [0.4, 0.5) is 5.69 Å². The second kappa shape index (κ2) is 7.68. The minimum absolute atomic E-state index is 0.116. The van der Waals surface area contributed by atoms with Gasteiger partial charge < -0.3 is 14.8 Å². The third-order valence-corrected chi connectivity index (χ3v) is 7.46. The number of nitrogens with one attached hydrogen (secondary N) is 2. The average molecular weight is 420 g/mol. The normalized spacial score (nSPS) is 17.9. The maximum atomic E-state index is 12.9. The lowest BCUT2D eigenvalue weighted by molar-refractivity contribution is -0.120. The fourth-order valence-electron chi connectivity index (χ4n) is 3.77. The lowest BCUT2D eigenvalue weighted by Crippen LogP contribution is -2.41. The van der Waals surface area contributed by atoms with E-state index in [0.29, 0.717) is 67.7 Å². The van der Waals surface area contributed by atoms with E-state index in [9.17, 15) is 13.2 Å². The fraction of sp³-hybridized carbons (Fsp3) is 0.474. The van der Waals surface area contributed by atoms with E-state index in [-0.39, 0.29) is 16.7 Å². The first-order chi connectivity index (χ1) is 13.9. The highest BCUT2D eigenvalue weighted by atomic mass is 32.2. The minimum atomic E-state index is -3.62. The number of H-pyrrole nitrogens is 1. The van der Waals surface area contributed by atoms with Gasteiger partial charge in [0.25, 0.3) is 0 Å². The molecule has 0 aliphatic carbocycles. The average Bonchev–Trinajstić information content (AvgIpc) is 3.07. The Kier molecular flexibility index (Phi) is 5.22. The van der Waals surface area contributed by atoms with Crippen molar-refractivity contribution in [2.45, 2.75) is 31.6 Å². The van der Waals surface area contributed by atoms with E-state index >= 15 is 0 Å². The smallest absolute Gasteiger partial charge is 0.246 e. The van der Waals surface area contributed by atoms with Gasteiger partial charge in [-0.3, -0.25) is 9.89 Å². The molecule has 0 radical (unpaired) electrons. The summed E-state index contributed by atoms with van der Waals surface area (Å²) >= 11 is 0. The number of aromatic amines is 1. The van der Waals surface area contributed by atoms with Gasteiger partial charge >= 0.3 is 0 Å². The lowest BCUT2D eigenvalue weighted by Gasteiger charge is -2.30. The molecule has 1 aromatic carbocycles. The summed E-state index contributed by atoms with van der Waals surface area (Å²) in [6.07, 6.45) is 0.928. The molecule has 9 nitrogen and oxygen atoms in total. The molecule has 1 aromatic heterocycles. The molecule has 3 heterocycles. The molecule has 1 fully saturated rings. The van der Waals surface area contributed by atoms with Gasteiger partial charge in [0.05, 0.1) is 11.4 Å². The van der Waals surface area contributed by atoms with Gasteiger partial charge in [-0.15, -0.1) is 0 Å². The van der Waals surface area contributed by atoms with Gasteiger partial charge in [-0.05, 0) is 38.8 Å². The molecule has 0 atom stereocenters. The Bertz CT molecular complexity index is 1010. The summed E-state index contributed by atoms with van der Waals surface area (Å²) in [4.78, 5) is 12.9. The summed E-state index contributed by atoms with van der Waals surface area (Å²) in [6.45, 7) is 4.95. The zero-order valence-electron chi connectivity index (χ0n) is 16.4. The van der Waals surface area contributed by atoms with Crippen molar-refractivity contribution in [3.63, 3.8) is 0 Å². The maximum Gasteiger partial charge on any atom is 0.246 e. The molecule has 0 spiro atoms. The van der Waals surface area contributed by atoms with E-state index in [2.05, 4.69) is 15.5 Å². The van der Waals surface area contributed by atoms with Gasteiger partial charge in [0, 0.05) is 30.8 Å². The highest BCUT2D eigenvalue weighted by molar-refractivity contribution is 7.89. The van der Waals surface area contributed by atoms with Crippen molar-refractivity contribution in [3.8, 4) is 11.5 Å². The molecular weight excluding hydrogens is 396 g/mol. The molecule has 0 bridgehead atoms. The molecule has 2 aliphatic heterocycles. The van der Waals surface area contributed by atoms with Crippen molar-refractivity contribution in [1.82, 2.24) is 14.5 Å². The minimum Gasteiger partial charge on any atom is -0.486 e. The van der Waals surface area contributed by atoms with Gasteiger partial charge in [-0.1, -0.05) is 0 Å². The number of aryl methyl sites for hydroxylation is 2. The Labute approximate surface area is 169 Å². The van der Waals surface area contributed by atoms with Gasteiger partial charge in [-0.2, -0.15) is 9.40 Å². The largest absolute Gasteiger partial charge is 0.486 e. The summed E-state index contributed by atoms with van der Waals surface area (Å²) in [5.74, 6) is 0.911. The van der Waals surface area contributed by atoms with Crippen LogP contribution < -0.4 is 14.8 Å². The molecule has 4 rings (SSSR count). The number of fused-ring (bicyclic) bond motifs is 1. The van der Waals surface area contributed by atoms with E-state index in [1.807, 2.05) is 0 Å². The number of hydrogen-bond acceptors (Lipinski definition) is 6. The highest BCUT2D eigenvalue weighted by Gasteiger charge is 2.34. The van der Waals surface area contributed by atoms with Crippen molar-refractivity contribution in [1.29, 1.82) is 0 Å². The first-order valence-electron chi connectivity index (χ1n) is 9.58. The third kappa shape index (κ3) is 3.82. The first kappa shape index (κ1) is 19.7. The summed E-state index contributed by atoms with van der Waals surface area (Å²) in [6, 6.07) is 5.29. The monoisotopic (exact) mass is 420 g/mol. The van der Waals surface area contributed by atoms with Gasteiger partial charge in [0.15, 0.2) is 11.5 Å². The number of amides is 1. The van der Waals surface area contributed by atoms with Crippen LogP contribution in [-0.4, -0.2) is 55.1 Å².